The summed E-state index contributed by atoms with van der Waals surface area (Å²) in [5, 5.41) is 9.40. The zero-order chi connectivity index (χ0) is 13.9. The number of hydrogen-bond donors (Lipinski definition) is 1. The largest absolute Gasteiger partial charge is 0.481 e. The van der Waals surface area contributed by atoms with Crippen molar-refractivity contribution in [3.05, 3.63) is 0 Å². The van der Waals surface area contributed by atoms with Crippen LogP contribution < -0.4 is 0 Å². The van der Waals surface area contributed by atoms with E-state index in [1.807, 2.05) is 0 Å². The van der Waals surface area contributed by atoms with E-state index < -0.39 is 17.4 Å². The SMILES string of the molecule is COCCCOC(=O)CC1(C(=O)O)CCC2OC2C1. The lowest BCUT2D eigenvalue weighted by Crippen LogP contribution is -2.38. The smallest absolute Gasteiger partial charge is 0.310 e. The van der Waals surface area contributed by atoms with Crippen LogP contribution in [0.15, 0.2) is 0 Å². The summed E-state index contributed by atoms with van der Waals surface area (Å²) in [6.07, 6.45) is 2.40. The van der Waals surface area contributed by atoms with Gasteiger partial charge in [0, 0.05) is 20.1 Å². The van der Waals surface area contributed by atoms with Crippen LogP contribution >= 0.6 is 0 Å². The Morgan fingerprint density at radius 2 is 2.16 bits per heavy atom. The molecule has 6 heteroatoms. The molecule has 0 spiro atoms. The van der Waals surface area contributed by atoms with Crippen LogP contribution in [0.5, 0.6) is 0 Å². The predicted octanol–water partition coefficient (Wildman–Crippen LogP) is 0.978. The van der Waals surface area contributed by atoms with Crippen LogP contribution in [0.1, 0.15) is 32.1 Å². The maximum Gasteiger partial charge on any atom is 0.310 e. The van der Waals surface area contributed by atoms with Gasteiger partial charge in [0.05, 0.1) is 30.7 Å². The average Bonchev–Trinajstić information content (AvgIpc) is 3.12. The Morgan fingerprint density at radius 1 is 1.37 bits per heavy atom. The highest BCUT2D eigenvalue weighted by Crippen LogP contribution is 2.48. The number of carboxylic acids is 1. The van der Waals surface area contributed by atoms with Crippen molar-refractivity contribution in [2.75, 3.05) is 20.3 Å². The molecular weight excluding hydrogens is 252 g/mol. The Kier molecular flexibility index (Phi) is 4.42. The maximum atomic E-state index is 11.7. The lowest BCUT2D eigenvalue weighted by molar-refractivity contribution is -0.160. The van der Waals surface area contributed by atoms with Crippen molar-refractivity contribution in [3.63, 3.8) is 0 Å². The van der Waals surface area contributed by atoms with Gasteiger partial charge in [-0.05, 0) is 19.3 Å². The highest BCUT2D eigenvalue weighted by Gasteiger charge is 2.55. The number of hydrogen-bond acceptors (Lipinski definition) is 5. The van der Waals surface area contributed by atoms with Gasteiger partial charge in [-0.25, -0.2) is 0 Å². The van der Waals surface area contributed by atoms with Crippen molar-refractivity contribution >= 4 is 11.9 Å². The minimum absolute atomic E-state index is 0.0196. The molecule has 2 rings (SSSR count). The van der Waals surface area contributed by atoms with Gasteiger partial charge in [0.25, 0.3) is 0 Å². The molecule has 19 heavy (non-hydrogen) atoms. The van der Waals surface area contributed by atoms with Gasteiger partial charge in [-0.1, -0.05) is 0 Å². The van der Waals surface area contributed by atoms with Crippen LogP contribution in [0.4, 0.5) is 0 Å². The number of carboxylic acid groups (broad SMARTS) is 1. The molecule has 1 aliphatic heterocycles. The number of fused-ring (bicyclic) bond motifs is 1. The van der Waals surface area contributed by atoms with Crippen LogP contribution in [0.25, 0.3) is 0 Å². The molecule has 1 saturated heterocycles. The molecule has 1 heterocycles. The Morgan fingerprint density at radius 3 is 2.79 bits per heavy atom. The summed E-state index contributed by atoms with van der Waals surface area (Å²) in [5.41, 5.74) is -1.00. The van der Waals surface area contributed by atoms with Crippen molar-refractivity contribution in [2.24, 2.45) is 5.41 Å². The standard InChI is InChI=1S/C13H20O6/c1-17-5-2-6-18-11(14)8-13(12(15)16)4-3-9-10(7-13)19-9/h9-10H,2-8H2,1H3,(H,15,16). The number of carbonyl (C=O) groups is 2. The molecule has 0 amide bonds. The molecule has 3 atom stereocenters. The number of rotatable bonds is 7. The van der Waals surface area contributed by atoms with E-state index in [2.05, 4.69) is 0 Å². The van der Waals surface area contributed by atoms with E-state index in [1.54, 1.807) is 7.11 Å². The molecule has 1 saturated carbocycles. The van der Waals surface area contributed by atoms with E-state index in [-0.39, 0.29) is 25.2 Å². The highest BCUT2D eigenvalue weighted by molar-refractivity contribution is 5.82. The Balaban J connectivity index is 1.83. The molecule has 0 aromatic heterocycles. The Bertz CT molecular complexity index is 355. The zero-order valence-corrected chi connectivity index (χ0v) is 11.1. The first-order valence-electron chi connectivity index (χ1n) is 6.61. The second kappa shape index (κ2) is 5.88. The summed E-state index contributed by atoms with van der Waals surface area (Å²) in [6, 6.07) is 0. The molecular formula is C13H20O6. The monoisotopic (exact) mass is 272 g/mol. The van der Waals surface area contributed by atoms with Gasteiger partial charge in [-0.3, -0.25) is 9.59 Å². The fourth-order valence-electron chi connectivity index (χ4n) is 2.67. The number of esters is 1. The summed E-state index contributed by atoms with van der Waals surface area (Å²) >= 11 is 0. The molecule has 6 nitrogen and oxygen atoms in total. The first-order valence-corrected chi connectivity index (χ1v) is 6.61. The third-order valence-electron chi connectivity index (χ3n) is 3.88. The minimum Gasteiger partial charge on any atom is -0.481 e. The topological polar surface area (TPSA) is 85.4 Å². The van der Waals surface area contributed by atoms with Crippen LogP contribution in [0, 0.1) is 5.41 Å². The fraction of sp³-hybridized carbons (Fsp3) is 0.846. The van der Waals surface area contributed by atoms with E-state index >= 15 is 0 Å². The number of methoxy groups -OCH3 is 1. The average molecular weight is 272 g/mol. The molecule has 0 aromatic rings. The van der Waals surface area contributed by atoms with Gasteiger partial charge in [0.1, 0.15) is 0 Å². The van der Waals surface area contributed by atoms with E-state index in [1.165, 1.54) is 0 Å². The summed E-state index contributed by atoms with van der Waals surface area (Å²) < 4.78 is 15.2. The lowest BCUT2D eigenvalue weighted by atomic mass is 9.72. The Hall–Kier alpha value is -1.14. The van der Waals surface area contributed by atoms with Gasteiger partial charge in [0.2, 0.25) is 0 Å². The first kappa shape index (κ1) is 14.3. The van der Waals surface area contributed by atoms with E-state index in [4.69, 9.17) is 14.2 Å². The van der Waals surface area contributed by atoms with E-state index in [0.717, 1.165) is 0 Å². The van der Waals surface area contributed by atoms with Crippen molar-refractivity contribution in [3.8, 4) is 0 Å². The van der Waals surface area contributed by atoms with Gasteiger partial charge in [-0.15, -0.1) is 0 Å². The van der Waals surface area contributed by atoms with Gasteiger partial charge >= 0.3 is 11.9 Å². The molecule has 2 fully saturated rings. The van der Waals surface area contributed by atoms with Crippen LogP contribution in [0.2, 0.25) is 0 Å². The van der Waals surface area contributed by atoms with Crippen molar-refractivity contribution in [1.29, 1.82) is 0 Å². The molecule has 108 valence electrons. The number of carbonyl (C=O) groups excluding carboxylic acids is 1. The summed E-state index contributed by atoms with van der Waals surface area (Å²) in [5.74, 6) is -1.37. The maximum absolute atomic E-state index is 11.7. The molecule has 0 radical (unpaired) electrons. The van der Waals surface area contributed by atoms with Crippen LogP contribution in [-0.4, -0.2) is 49.6 Å². The molecule has 1 N–H and O–H groups in total. The number of epoxide rings is 1. The van der Waals surface area contributed by atoms with Crippen LogP contribution in [-0.2, 0) is 23.8 Å². The third kappa shape index (κ3) is 3.45. The molecule has 2 aliphatic rings. The second-order valence-electron chi connectivity index (χ2n) is 5.28. The van der Waals surface area contributed by atoms with Crippen LogP contribution in [0.3, 0.4) is 0 Å². The van der Waals surface area contributed by atoms with Gasteiger partial charge in [-0.2, -0.15) is 0 Å². The number of ether oxygens (including phenoxy) is 3. The lowest BCUT2D eigenvalue weighted by Gasteiger charge is -2.30. The van der Waals surface area contributed by atoms with E-state index in [9.17, 15) is 14.7 Å². The van der Waals surface area contributed by atoms with Crippen molar-refractivity contribution in [2.45, 2.75) is 44.3 Å². The molecule has 0 aromatic carbocycles. The van der Waals surface area contributed by atoms with Gasteiger partial charge in [0.15, 0.2) is 0 Å². The summed E-state index contributed by atoms with van der Waals surface area (Å²) in [6.45, 7) is 0.792. The second-order valence-corrected chi connectivity index (χ2v) is 5.28. The van der Waals surface area contributed by atoms with Crippen molar-refractivity contribution in [1.82, 2.24) is 0 Å². The third-order valence-corrected chi connectivity index (χ3v) is 3.88. The predicted molar refractivity (Wildman–Crippen MR) is 64.6 cm³/mol. The molecule has 0 bridgehead atoms. The van der Waals surface area contributed by atoms with Crippen molar-refractivity contribution < 1.29 is 28.9 Å². The molecule has 1 aliphatic carbocycles. The molecule has 3 unspecified atom stereocenters. The minimum atomic E-state index is -1.00. The fourth-order valence-corrected chi connectivity index (χ4v) is 2.67. The quantitative estimate of drug-likeness (QED) is 0.422. The highest BCUT2D eigenvalue weighted by atomic mass is 16.6. The Labute approximate surface area is 112 Å². The normalized spacial score (nSPS) is 32.5. The van der Waals surface area contributed by atoms with Gasteiger partial charge < -0.3 is 19.3 Å². The summed E-state index contributed by atoms with van der Waals surface area (Å²) in [4.78, 5) is 23.2. The summed E-state index contributed by atoms with van der Waals surface area (Å²) in [7, 11) is 1.58. The van der Waals surface area contributed by atoms with E-state index in [0.29, 0.717) is 32.3 Å². The zero-order valence-electron chi connectivity index (χ0n) is 11.1. The number of aliphatic carboxylic acids is 1. The first-order chi connectivity index (χ1) is 9.07.